The van der Waals surface area contributed by atoms with Gasteiger partial charge in [0, 0.05) is 36.8 Å². The number of likely N-dealkylation sites (tertiary alicyclic amines) is 1. The molecule has 1 aromatic carbocycles. The summed E-state index contributed by atoms with van der Waals surface area (Å²) in [5.41, 5.74) is 0.965. The zero-order valence-electron chi connectivity index (χ0n) is 17.7. The molecule has 2 N–H and O–H groups in total. The molecule has 1 saturated heterocycles. The van der Waals surface area contributed by atoms with Crippen LogP contribution in [-0.2, 0) is 14.8 Å². The lowest BCUT2D eigenvalue weighted by Crippen LogP contribution is -2.46. The SMILES string of the molecule is CS(=O)(=O)Nc1ccc(C(=O)N2CCC(NC(=O)CCC3CCCCC3)CC2)cc1. The Kier molecular flexibility index (Phi) is 7.75. The van der Waals surface area contributed by atoms with Crippen LogP contribution in [0.3, 0.4) is 0 Å². The Morgan fingerprint density at radius 1 is 1.00 bits per heavy atom. The van der Waals surface area contributed by atoms with Gasteiger partial charge in [0.25, 0.3) is 5.91 Å². The summed E-state index contributed by atoms with van der Waals surface area (Å²) in [6.07, 6.45) is 10.7. The first-order valence-corrected chi connectivity index (χ1v) is 12.9. The van der Waals surface area contributed by atoms with E-state index >= 15 is 0 Å². The molecule has 166 valence electrons. The number of benzene rings is 1. The molecule has 2 amide bonds. The second-order valence-electron chi connectivity index (χ2n) is 8.63. The fraction of sp³-hybridized carbons (Fsp3) is 0.636. The van der Waals surface area contributed by atoms with Crippen LogP contribution >= 0.6 is 0 Å². The van der Waals surface area contributed by atoms with Crippen molar-refractivity contribution in [2.45, 2.75) is 63.8 Å². The van der Waals surface area contributed by atoms with Crippen molar-refractivity contribution < 1.29 is 18.0 Å². The molecule has 7 nitrogen and oxygen atoms in total. The highest BCUT2D eigenvalue weighted by Gasteiger charge is 2.25. The van der Waals surface area contributed by atoms with Gasteiger partial charge >= 0.3 is 0 Å². The Labute approximate surface area is 179 Å². The third-order valence-corrected chi connectivity index (χ3v) is 6.69. The highest BCUT2D eigenvalue weighted by Crippen LogP contribution is 2.27. The number of hydrogen-bond donors (Lipinski definition) is 2. The highest BCUT2D eigenvalue weighted by atomic mass is 32.2. The topological polar surface area (TPSA) is 95.6 Å². The zero-order chi connectivity index (χ0) is 21.6. The standard InChI is InChI=1S/C22H33N3O4S/c1-30(28,29)24-20-10-8-18(9-11-20)22(27)25-15-13-19(14-16-25)23-21(26)12-7-17-5-3-2-4-6-17/h8-11,17,19,24H,2-7,12-16H2,1H3,(H,23,26). The Hall–Kier alpha value is -2.09. The molecule has 1 aliphatic heterocycles. The maximum Gasteiger partial charge on any atom is 0.253 e. The fourth-order valence-electron chi connectivity index (χ4n) is 4.42. The molecule has 3 rings (SSSR count). The summed E-state index contributed by atoms with van der Waals surface area (Å²) in [5, 5.41) is 3.14. The molecule has 30 heavy (non-hydrogen) atoms. The molecule has 8 heteroatoms. The van der Waals surface area contributed by atoms with Crippen LogP contribution in [0.25, 0.3) is 0 Å². The normalized spacial score (nSPS) is 18.8. The third kappa shape index (κ3) is 7.00. The summed E-state index contributed by atoms with van der Waals surface area (Å²) in [6, 6.07) is 6.58. The van der Waals surface area contributed by atoms with Crippen molar-refractivity contribution in [3.8, 4) is 0 Å². The van der Waals surface area contributed by atoms with Crippen LogP contribution < -0.4 is 10.0 Å². The number of carbonyl (C=O) groups excluding carboxylic acids is 2. The summed E-state index contributed by atoms with van der Waals surface area (Å²) in [7, 11) is -3.34. The van der Waals surface area contributed by atoms with Gasteiger partial charge in [-0.1, -0.05) is 32.1 Å². The number of nitrogens with zero attached hydrogens (tertiary/aromatic N) is 1. The maximum atomic E-state index is 12.7. The Morgan fingerprint density at radius 3 is 2.23 bits per heavy atom. The quantitative estimate of drug-likeness (QED) is 0.688. The second kappa shape index (κ2) is 10.3. The van der Waals surface area contributed by atoms with Crippen LogP contribution in [0.2, 0.25) is 0 Å². The van der Waals surface area contributed by atoms with E-state index in [0.717, 1.165) is 25.5 Å². The average Bonchev–Trinajstić information content (AvgIpc) is 2.72. The maximum absolute atomic E-state index is 12.7. The van der Waals surface area contributed by atoms with Crippen molar-refractivity contribution in [1.29, 1.82) is 0 Å². The molecule has 2 fully saturated rings. The lowest BCUT2D eigenvalue weighted by molar-refractivity contribution is -0.122. The molecule has 1 saturated carbocycles. The van der Waals surface area contributed by atoms with E-state index in [1.165, 1.54) is 32.1 Å². The summed E-state index contributed by atoms with van der Waals surface area (Å²) < 4.78 is 24.9. The molecule has 0 atom stereocenters. The molecule has 0 radical (unpaired) electrons. The number of piperidine rings is 1. The molecule has 1 heterocycles. The van der Waals surface area contributed by atoms with Gasteiger partial charge < -0.3 is 10.2 Å². The summed E-state index contributed by atoms with van der Waals surface area (Å²) in [6.45, 7) is 1.21. The van der Waals surface area contributed by atoms with Crippen LogP contribution in [0.4, 0.5) is 5.69 Å². The molecule has 0 aromatic heterocycles. The van der Waals surface area contributed by atoms with Gasteiger partial charge in [-0.2, -0.15) is 0 Å². The number of sulfonamides is 1. The largest absolute Gasteiger partial charge is 0.353 e. The molecule has 1 aromatic rings. The van der Waals surface area contributed by atoms with Gasteiger partial charge in [-0.15, -0.1) is 0 Å². The molecule has 0 spiro atoms. The van der Waals surface area contributed by atoms with Crippen molar-refractivity contribution in [2.24, 2.45) is 5.92 Å². The van der Waals surface area contributed by atoms with Crippen LogP contribution in [0.1, 0.15) is 68.1 Å². The lowest BCUT2D eigenvalue weighted by Gasteiger charge is -2.32. The van der Waals surface area contributed by atoms with Gasteiger partial charge in [0.05, 0.1) is 6.26 Å². The number of amides is 2. The number of carbonyl (C=O) groups is 2. The van der Waals surface area contributed by atoms with Gasteiger partial charge in [0.2, 0.25) is 15.9 Å². The molecular formula is C22H33N3O4S. The second-order valence-corrected chi connectivity index (χ2v) is 10.4. The predicted octanol–water partition coefficient (Wildman–Crippen LogP) is 3.14. The third-order valence-electron chi connectivity index (χ3n) is 6.09. The van der Waals surface area contributed by atoms with Gasteiger partial charge in [-0.25, -0.2) is 8.42 Å². The van der Waals surface area contributed by atoms with E-state index in [1.807, 2.05) is 0 Å². The number of hydrogen-bond acceptors (Lipinski definition) is 4. The van der Waals surface area contributed by atoms with E-state index in [4.69, 9.17) is 0 Å². The molecule has 2 aliphatic rings. The predicted molar refractivity (Wildman–Crippen MR) is 118 cm³/mol. The molecule has 0 bridgehead atoms. The smallest absolute Gasteiger partial charge is 0.253 e. The number of nitrogens with one attached hydrogen (secondary N) is 2. The van der Waals surface area contributed by atoms with Crippen LogP contribution in [0.15, 0.2) is 24.3 Å². The lowest BCUT2D eigenvalue weighted by atomic mass is 9.86. The Balaban J connectivity index is 1.41. The summed E-state index contributed by atoms with van der Waals surface area (Å²) in [4.78, 5) is 26.8. The monoisotopic (exact) mass is 435 g/mol. The van der Waals surface area contributed by atoms with E-state index in [2.05, 4.69) is 10.0 Å². The van der Waals surface area contributed by atoms with E-state index < -0.39 is 10.0 Å². The fourth-order valence-corrected chi connectivity index (χ4v) is 4.98. The first kappa shape index (κ1) is 22.6. The van der Waals surface area contributed by atoms with Crippen molar-refractivity contribution in [3.63, 3.8) is 0 Å². The van der Waals surface area contributed by atoms with E-state index in [0.29, 0.717) is 36.7 Å². The van der Waals surface area contributed by atoms with Gasteiger partial charge in [0.1, 0.15) is 0 Å². The van der Waals surface area contributed by atoms with Crippen molar-refractivity contribution >= 4 is 27.5 Å². The van der Waals surface area contributed by atoms with Gasteiger partial charge in [-0.05, 0) is 49.4 Å². The number of anilines is 1. The van der Waals surface area contributed by atoms with Crippen LogP contribution in [0.5, 0.6) is 0 Å². The molecule has 0 unspecified atom stereocenters. The van der Waals surface area contributed by atoms with E-state index in [9.17, 15) is 18.0 Å². The van der Waals surface area contributed by atoms with Crippen molar-refractivity contribution in [3.05, 3.63) is 29.8 Å². The summed E-state index contributed by atoms with van der Waals surface area (Å²) in [5.74, 6) is 0.783. The van der Waals surface area contributed by atoms with E-state index in [-0.39, 0.29) is 17.9 Å². The van der Waals surface area contributed by atoms with Crippen LogP contribution in [-0.4, -0.2) is 50.5 Å². The first-order valence-electron chi connectivity index (χ1n) is 11.0. The minimum absolute atomic E-state index is 0.0667. The Bertz CT molecular complexity index is 824. The minimum Gasteiger partial charge on any atom is -0.353 e. The minimum atomic E-state index is -3.34. The Morgan fingerprint density at radius 2 is 1.63 bits per heavy atom. The van der Waals surface area contributed by atoms with Gasteiger partial charge in [0.15, 0.2) is 0 Å². The summed E-state index contributed by atoms with van der Waals surface area (Å²) >= 11 is 0. The average molecular weight is 436 g/mol. The van der Waals surface area contributed by atoms with Crippen molar-refractivity contribution in [1.82, 2.24) is 10.2 Å². The molecule has 1 aliphatic carbocycles. The molecular weight excluding hydrogens is 402 g/mol. The highest BCUT2D eigenvalue weighted by molar-refractivity contribution is 7.92. The van der Waals surface area contributed by atoms with E-state index in [1.54, 1.807) is 29.2 Å². The van der Waals surface area contributed by atoms with Gasteiger partial charge in [-0.3, -0.25) is 14.3 Å². The zero-order valence-corrected chi connectivity index (χ0v) is 18.5. The number of rotatable bonds is 7. The first-order chi connectivity index (χ1) is 14.3. The van der Waals surface area contributed by atoms with Crippen LogP contribution in [0, 0.1) is 5.92 Å². The van der Waals surface area contributed by atoms with Crippen molar-refractivity contribution in [2.75, 3.05) is 24.1 Å².